The van der Waals surface area contributed by atoms with Crippen LogP contribution in [0.25, 0.3) is 0 Å². The van der Waals surface area contributed by atoms with Gasteiger partial charge in [-0.25, -0.2) is 8.78 Å². The normalized spacial score (nSPS) is 10.0. The van der Waals surface area contributed by atoms with Gasteiger partial charge in [0.1, 0.15) is 0 Å². The van der Waals surface area contributed by atoms with Crippen molar-refractivity contribution in [3.05, 3.63) is 65.2 Å². The molecule has 0 heterocycles. The van der Waals surface area contributed by atoms with Gasteiger partial charge in [-0.3, -0.25) is 0 Å². The Morgan fingerprint density at radius 1 is 1.05 bits per heavy atom. The van der Waals surface area contributed by atoms with Crippen LogP contribution < -0.4 is 0 Å². The first-order valence-electron chi connectivity index (χ1n) is 6.46. The van der Waals surface area contributed by atoms with Crippen LogP contribution in [0.5, 0.6) is 0 Å². The van der Waals surface area contributed by atoms with E-state index in [0.29, 0.717) is 17.1 Å². The molecule has 2 aromatic carbocycles. The first kappa shape index (κ1) is 15.6. The van der Waals surface area contributed by atoms with Crippen LogP contribution in [0.3, 0.4) is 0 Å². The van der Waals surface area contributed by atoms with E-state index in [4.69, 9.17) is 5.11 Å². The number of aliphatic hydroxyl groups excluding tert-OH is 1. The zero-order chi connectivity index (χ0) is 15.1. The molecule has 0 saturated carbocycles. The molecule has 21 heavy (non-hydrogen) atoms. The predicted octanol–water partition coefficient (Wildman–Crippen LogP) is 3.99. The maximum Gasteiger partial charge on any atom is 0.159 e. The number of aliphatic hydroxyl groups is 1. The van der Waals surface area contributed by atoms with E-state index >= 15 is 0 Å². The van der Waals surface area contributed by atoms with Crippen LogP contribution in [0, 0.1) is 23.5 Å². The van der Waals surface area contributed by atoms with Crippen LogP contribution in [0.2, 0.25) is 0 Å². The van der Waals surface area contributed by atoms with Gasteiger partial charge in [0.25, 0.3) is 0 Å². The molecule has 108 valence electrons. The average molecular weight is 304 g/mol. The molecule has 0 fully saturated rings. The standard InChI is InChI=1S/C17H14F2OS/c18-16-9-8-15(11-17(16)19)21-12-14-7-2-1-5-13(14)6-3-4-10-20/h1-2,5,7-9,11,20H,4,10,12H2. The molecule has 0 aromatic heterocycles. The largest absolute Gasteiger partial charge is 0.395 e. The van der Waals surface area contributed by atoms with E-state index in [2.05, 4.69) is 11.8 Å². The molecule has 4 heteroatoms. The second-order valence-corrected chi connectivity index (χ2v) is 5.35. The molecule has 0 radical (unpaired) electrons. The van der Waals surface area contributed by atoms with Crippen molar-refractivity contribution in [3.63, 3.8) is 0 Å². The lowest BCUT2D eigenvalue weighted by Crippen LogP contribution is -1.89. The Labute approximate surface area is 127 Å². The highest BCUT2D eigenvalue weighted by molar-refractivity contribution is 7.98. The Kier molecular flexibility index (Phi) is 5.79. The van der Waals surface area contributed by atoms with Gasteiger partial charge in [0.05, 0.1) is 6.61 Å². The number of halogens is 2. The van der Waals surface area contributed by atoms with Gasteiger partial charge in [-0.2, -0.15) is 0 Å². The van der Waals surface area contributed by atoms with Crippen LogP contribution in [-0.2, 0) is 5.75 Å². The SMILES string of the molecule is OCCC#Cc1ccccc1CSc1ccc(F)c(F)c1. The summed E-state index contributed by atoms with van der Waals surface area (Å²) in [5.74, 6) is 4.85. The molecule has 0 aliphatic carbocycles. The van der Waals surface area contributed by atoms with Gasteiger partial charge in [-0.15, -0.1) is 11.8 Å². The Hall–Kier alpha value is -1.83. The summed E-state index contributed by atoms with van der Waals surface area (Å²) in [7, 11) is 0. The molecule has 1 nitrogen and oxygen atoms in total. The van der Waals surface area contributed by atoms with Crippen molar-refractivity contribution < 1.29 is 13.9 Å². The molecule has 0 amide bonds. The summed E-state index contributed by atoms with van der Waals surface area (Å²) in [6.45, 7) is 0.0404. The van der Waals surface area contributed by atoms with E-state index in [0.717, 1.165) is 17.2 Å². The summed E-state index contributed by atoms with van der Waals surface area (Å²) in [5, 5.41) is 8.74. The maximum atomic E-state index is 13.2. The van der Waals surface area contributed by atoms with E-state index in [-0.39, 0.29) is 6.61 Å². The number of benzene rings is 2. The summed E-state index contributed by atoms with van der Waals surface area (Å²) in [4.78, 5) is 0.673. The monoisotopic (exact) mass is 304 g/mol. The van der Waals surface area contributed by atoms with Crippen molar-refractivity contribution in [3.8, 4) is 11.8 Å². The first-order chi connectivity index (χ1) is 10.2. The fourth-order valence-electron chi connectivity index (χ4n) is 1.71. The Balaban J connectivity index is 2.09. The zero-order valence-electron chi connectivity index (χ0n) is 11.3. The Morgan fingerprint density at radius 3 is 2.62 bits per heavy atom. The van der Waals surface area contributed by atoms with Crippen molar-refractivity contribution in [2.45, 2.75) is 17.1 Å². The molecule has 0 unspecified atom stereocenters. The third-order valence-electron chi connectivity index (χ3n) is 2.76. The minimum absolute atomic E-state index is 0.0404. The van der Waals surface area contributed by atoms with E-state index in [1.165, 1.54) is 17.8 Å². The molecule has 0 saturated heterocycles. The van der Waals surface area contributed by atoms with Crippen LogP contribution in [0.4, 0.5) is 8.78 Å². The Morgan fingerprint density at radius 2 is 1.86 bits per heavy atom. The molecule has 0 atom stereocenters. The van der Waals surface area contributed by atoms with Gasteiger partial charge in [0.2, 0.25) is 0 Å². The van der Waals surface area contributed by atoms with Gasteiger partial charge in [-0.1, -0.05) is 30.0 Å². The van der Waals surface area contributed by atoms with Crippen molar-refractivity contribution in [2.24, 2.45) is 0 Å². The minimum atomic E-state index is -0.838. The third-order valence-corrected chi connectivity index (χ3v) is 3.81. The summed E-state index contributed by atoms with van der Waals surface area (Å²) in [5.41, 5.74) is 1.92. The molecular formula is C17H14F2OS. The van der Waals surface area contributed by atoms with Crippen LogP contribution in [0.15, 0.2) is 47.4 Å². The average Bonchev–Trinajstić information content (AvgIpc) is 2.50. The number of thioether (sulfide) groups is 1. The van der Waals surface area contributed by atoms with Gasteiger partial charge in [0.15, 0.2) is 11.6 Å². The molecular weight excluding hydrogens is 290 g/mol. The van der Waals surface area contributed by atoms with Crippen molar-refractivity contribution in [1.82, 2.24) is 0 Å². The zero-order valence-corrected chi connectivity index (χ0v) is 12.1. The molecule has 2 rings (SSSR count). The lowest BCUT2D eigenvalue weighted by molar-refractivity contribution is 0.305. The van der Waals surface area contributed by atoms with E-state index in [1.807, 2.05) is 24.3 Å². The molecule has 1 N–H and O–H groups in total. The second kappa shape index (κ2) is 7.82. The molecule has 2 aromatic rings. The van der Waals surface area contributed by atoms with E-state index in [1.54, 1.807) is 6.07 Å². The molecule has 0 aliphatic rings. The molecule has 0 bridgehead atoms. The second-order valence-electron chi connectivity index (χ2n) is 4.30. The van der Waals surface area contributed by atoms with Gasteiger partial charge < -0.3 is 5.11 Å². The molecule has 0 aliphatic heterocycles. The summed E-state index contributed by atoms with van der Waals surface area (Å²) in [6, 6.07) is 11.6. The first-order valence-corrected chi connectivity index (χ1v) is 7.45. The molecule has 0 spiro atoms. The van der Waals surface area contributed by atoms with Crippen LogP contribution >= 0.6 is 11.8 Å². The summed E-state index contributed by atoms with van der Waals surface area (Å²) >= 11 is 1.43. The number of hydrogen-bond donors (Lipinski definition) is 1. The Bertz CT molecular complexity index is 674. The third kappa shape index (κ3) is 4.59. The lowest BCUT2D eigenvalue weighted by atomic mass is 10.1. The summed E-state index contributed by atoms with van der Waals surface area (Å²) in [6.07, 6.45) is 0.435. The highest BCUT2D eigenvalue weighted by Crippen LogP contribution is 2.25. The van der Waals surface area contributed by atoms with Gasteiger partial charge >= 0.3 is 0 Å². The summed E-state index contributed by atoms with van der Waals surface area (Å²) < 4.78 is 26.0. The van der Waals surface area contributed by atoms with E-state index in [9.17, 15) is 8.78 Å². The quantitative estimate of drug-likeness (QED) is 0.681. The predicted molar refractivity (Wildman–Crippen MR) is 80.9 cm³/mol. The maximum absolute atomic E-state index is 13.2. The van der Waals surface area contributed by atoms with E-state index < -0.39 is 11.6 Å². The lowest BCUT2D eigenvalue weighted by Gasteiger charge is -2.05. The smallest absolute Gasteiger partial charge is 0.159 e. The number of rotatable bonds is 4. The fourth-order valence-corrected chi connectivity index (χ4v) is 2.63. The highest BCUT2D eigenvalue weighted by Gasteiger charge is 2.05. The van der Waals surface area contributed by atoms with Crippen molar-refractivity contribution in [2.75, 3.05) is 6.61 Å². The topological polar surface area (TPSA) is 20.2 Å². The van der Waals surface area contributed by atoms with Gasteiger partial charge in [-0.05, 0) is 29.8 Å². The minimum Gasteiger partial charge on any atom is -0.395 e. The van der Waals surface area contributed by atoms with Crippen molar-refractivity contribution in [1.29, 1.82) is 0 Å². The highest BCUT2D eigenvalue weighted by atomic mass is 32.2. The van der Waals surface area contributed by atoms with Gasteiger partial charge in [0, 0.05) is 22.6 Å². The van der Waals surface area contributed by atoms with Crippen LogP contribution in [-0.4, -0.2) is 11.7 Å². The van der Waals surface area contributed by atoms with Crippen molar-refractivity contribution >= 4 is 11.8 Å². The fraction of sp³-hybridized carbons (Fsp3) is 0.176. The number of hydrogen-bond acceptors (Lipinski definition) is 2. The van der Waals surface area contributed by atoms with Crippen LogP contribution in [0.1, 0.15) is 17.5 Å².